The summed E-state index contributed by atoms with van der Waals surface area (Å²) in [5.74, 6) is -0.264. The number of nitrogens with one attached hydrogen (secondary N) is 1. The van der Waals surface area contributed by atoms with Crippen LogP contribution < -0.4 is 10.2 Å². The van der Waals surface area contributed by atoms with Crippen LogP contribution in [0, 0.1) is 6.92 Å². The van der Waals surface area contributed by atoms with Gasteiger partial charge in [0.05, 0.1) is 18.1 Å². The highest BCUT2D eigenvalue weighted by molar-refractivity contribution is 7.17. The number of amides is 3. The number of thiazole rings is 1. The van der Waals surface area contributed by atoms with Crippen LogP contribution in [0.25, 0.3) is 0 Å². The van der Waals surface area contributed by atoms with Crippen LogP contribution in [0.15, 0.2) is 55.0 Å². The molecule has 1 fully saturated rings. The van der Waals surface area contributed by atoms with E-state index in [4.69, 9.17) is 0 Å². The van der Waals surface area contributed by atoms with Crippen molar-refractivity contribution in [3.8, 4) is 0 Å². The molecule has 3 aromatic rings. The van der Waals surface area contributed by atoms with Crippen LogP contribution in [0.3, 0.4) is 0 Å². The van der Waals surface area contributed by atoms with E-state index in [1.807, 2.05) is 31.2 Å². The summed E-state index contributed by atoms with van der Waals surface area (Å²) in [5, 5.41) is 3.31. The molecule has 3 heterocycles. The van der Waals surface area contributed by atoms with E-state index in [0.717, 1.165) is 11.1 Å². The van der Waals surface area contributed by atoms with Crippen molar-refractivity contribution in [3.63, 3.8) is 0 Å². The molecule has 2 aromatic heterocycles. The van der Waals surface area contributed by atoms with E-state index >= 15 is 0 Å². The van der Waals surface area contributed by atoms with E-state index < -0.39 is 0 Å². The predicted molar refractivity (Wildman–Crippen MR) is 109 cm³/mol. The average Bonchev–Trinajstić information content (AvgIpc) is 3.32. The van der Waals surface area contributed by atoms with Crippen molar-refractivity contribution < 1.29 is 9.59 Å². The Morgan fingerprint density at radius 2 is 2.04 bits per heavy atom. The first-order valence-electron chi connectivity index (χ1n) is 8.90. The molecule has 0 bridgehead atoms. The van der Waals surface area contributed by atoms with Gasteiger partial charge in [-0.15, -0.1) is 0 Å². The first kappa shape index (κ1) is 18.1. The van der Waals surface area contributed by atoms with Gasteiger partial charge in [0.15, 0.2) is 5.13 Å². The lowest BCUT2D eigenvalue weighted by molar-refractivity contribution is 0.103. The molecule has 1 aliphatic heterocycles. The Morgan fingerprint density at radius 3 is 2.82 bits per heavy atom. The van der Waals surface area contributed by atoms with Gasteiger partial charge in [-0.3, -0.25) is 14.7 Å². The number of anilines is 2. The smallest absolute Gasteiger partial charge is 0.320 e. The first-order chi connectivity index (χ1) is 13.6. The van der Waals surface area contributed by atoms with Crippen LogP contribution in [0.1, 0.15) is 20.8 Å². The molecule has 0 unspecified atom stereocenters. The van der Waals surface area contributed by atoms with Gasteiger partial charge in [0.2, 0.25) is 0 Å². The third-order valence-electron chi connectivity index (χ3n) is 4.58. The third kappa shape index (κ3) is 3.72. The summed E-state index contributed by atoms with van der Waals surface area (Å²) in [6.45, 7) is 3.80. The molecule has 8 heteroatoms. The van der Waals surface area contributed by atoms with Crippen molar-refractivity contribution in [1.82, 2.24) is 14.9 Å². The number of hydrogen-bond donors (Lipinski definition) is 1. The summed E-state index contributed by atoms with van der Waals surface area (Å²) >= 11 is 1.21. The van der Waals surface area contributed by atoms with Crippen LogP contribution in [0.4, 0.5) is 15.6 Å². The first-order valence-corrected chi connectivity index (χ1v) is 9.71. The van der Waals surface area contributed by atoms with Crippen molar-refractivity contribution >= 4 is 34.1 Å². The normalized spacial score (nSPS) is 13.8. The summed E-state index contributed by atoms with van der Waals surface area (Å²) < 4.78 is 0. The topological polar surface area (TPSA) is 78.4 Å². The SMILES string of the molecule is Cc1ccccc1CN1CCN(c2ncc(C(=O)Nc3cccnc3)s2)C1=O. The molecule has 1 aromatic carbocycles. The van der Waals surface area contributed by atoms with E-state index in [2.05, 4.69) is 15.3 Å². The number of carbonyl (C=O) groups excluding carboxylic acids is 2. The van der Waals surface area contributed by atoms with Gasteiger partial charge in [-0.25, -0.2) is 9.78 Å². The minimum absolute atomic E-state index is 0.0863. The van der Waals surface area contributed by atoms with Crippen LogP contribution in [0.5, 0.6) is 0 Å². The molecular weight excluding hydrogens is 374 g/mol. The fourth-order valence-electron chi connectivity index (χ4n) is 3.02. The van der Waals surface area contributed by atoms with Crippen molar-refractivity contribution in [2.45, 2.75) is 13.5 Å². The number of aryl methyl sites for hydroxylation is 1. The molecule has 1 N–H and O–H groups in total. The summed E-state index contributed by atoms with van der Waals surface area (Å²) in [5.41, 5.74) is 2.91. The summed E-state index contributed by atoms with van der Waals surface area (Å²) in [6.07, 6.45) is 4.72. The van der Waals surface area contributed by atoms with Gasteiger partial charge in [-0.2, -0.15) is 0 Å². The van der Waals surface area contributed by atoms with Crippen molar-refractivity contribution in [2.24, 2.45) is 0 Å². The van der Waals surface area contributed by atoms with E-state index in [0.29, 0.717) is 35.3 Å². The molecule has 0 radical (unpaired) electrons. The van der Waals surface area contributed by atoms with Crippen molar-refractivity contribution in [1.29, 1.82) is 0 Å². The molecule has 28 heavy (non-hydrogen) atoms. The van der Waals surface area contributed by atoms with Crippen LogP contribution in [-0.2, 0) is 6.54 Å². The van der Waals surface area contributed by atoms with Gasteiger partial charge in [-0.05, 0) is 30.2 Å². The number of pyridine rings is 1. The molecule has 3 amide bonds. The highest BCUT2D eigenvalue weighted by Crippen LogP contribution is 2.27. The number of benzene rings is 1. The van der Waals surface area contributed by atoms with Crippen LogP contribution >= 0.6 is 11.3 Å². The fourth-order valence-corrected chi connectivity index (χ4v) is 3.85. The number of urea groups is 1. The lowest BCUT2D eigenvalue weighted by Gasteiger charge is -2.18. The number of hydrogen-bond acceptors (Lipinski definition) is 5. The second kappa shape index (κ2) is 7.77. The summed E-state index contributed by atoms with van der Waals surface area (Å²) in [7, 11) is 0. The number of nitrogens with zero attached hydrogens (tertiary/aromatic N) is 4. The highest BCUT2D eigenvalue weighted by atomic mass is 32.1. The van der Waals surface area contributed by atoms with E-state index in [1.165, 1.54) is 17.5 Å². The lowest BCUT2D eigenvalue weighted by Crippen LogP contribution is -2.31. The van der Waals surface area contributed by atoms with Crippen molar-refractivity contribution in [3.05, 3.63) is 71.0 Å². The zero-order chi connectivity index (χ0) is 19.5. The van der Waals surface area contributed by atoms with Gasteiger partial charge in [0.25, 0.3) is 5.91 Å². The molecule has 0 spiro atoms. The maximum atomic E-state index is 12.8. The fraction of sp³-hybridized carbons (Fsp3) is 0.200. The summed E-state index contributed by atoms with van der Waals surface area (Å²) in [4.78, 5) is 37.3. The molecule has 7 nitrogen and oxygen atoms in total. The van der Waals surface area contributed by atoms with Crippen molar-refractivity contribution in [2.75, 3.05) is 23.3 Å². The summed E-state index contributed by atoms with van der Waals surface area (Å²) in [6, 6.07) is 11.5. The number of rotatable bonds is 5. The zero-order valence-electron chi connectivity index (χ0n) is 15.3. The second-order valence-electron chi connectivity index (χ2n) is 6.49. The Kier molecular flexibility index (Phi) is 5.03. The van der Waals surface area contributed by atoms with Crippen LogP contribution in [-0.4, -0.2) is 39.9 Å². The zero-order valence-corrected chi connectivity index (χ0v) is 16.1. The second-order valence-corrected chi connectivity index (χ2v) is 7.49. The van der Waals surface area contributed by atoms with Gasteiger partial charge in [-0.1, -0.05) is 35.6 Å². The maximum absolute atomic E-state index is 12.8. The molecule has 0 saturated carbocycles. The Bertz CT molecular complexity index is 1000. The third-order valence-corrected chi connectivity index (χ3v) is 5.60. The molecule has 0 atom stereocenters. The van der Waals surface area contributed by atoms with E-state index in [-0.39, 0.29) is 11.9 Å². The molecule has 142 valence electrons. The van der Waals surface area contributed by atoms with Gasteiger partial charge in [0, 0.05) is 25.8 Å². The molecule has 4 rings (SSSR count). The molecule has 1 aliphatic rings. The standard InChI is InChI=1S/C20H19N5O2S/c1-14-5-2-3-6-15(14)13-24-9-10-25(20(24)27)19-22-12-17(28-19)18(26)23-16-7-4-8-21-11-16/h2-8,11-12H,9-10,13H2,1H3,(H,23,26). The van der Waals surface area contributed by atoms with Gasteiger partial charge < -0.3 is 10.2 Å². The Balaban J connectivity index is 1.43. The predicted octanol–water partition coefficient (Wildman–Crippen LogP) is 3.54. The molecular formula is C20H19N5O2S. The van der Waals surface area contributed by atoms with E-state index in [1.54, 1.807) is 34.3 Å². The Labute approximate surface area is 166 Å². The maximum Gasteiger partial charge on any atom is 0.326 e. The average molecular weight is 393 g/mol. The Morgan fingerprint density at radius 1 is 1.18 bits per heavy atom. The Hall–Kier alpha value is -3.26. The largest absolute Gasteiger partial charge is 0.326 e. The van der Waals surface area contributed by atoms with E-state index in [9.17, 15) is 9.59 Å². The number of aromatic nitrogens is 2. The highest BCUT2D eigenvalue weighted by Gasteiger charge is 2.32. The minimum Gasteiger partial charge on any atom is -0.320 e. The van der Waals surface area contributed by atoms with Gasteiger partial charge in [0.1, 0.15) is 4.88 Å². The minimum atomic E-state index is -0.264. The lowest BCUT2D eigenvalue weighted by atomic mass is 10.1. The quantitative estimate of drug-likeness (QED) is 0.719. The van der Waals surface area contributed by atoms with Gasteiger partial charge >= 0.3 is 6.03 Å². The van der Waals surface area contributed by atoms with Crippen LogP contribution in [0.2, 0.25) is 0 Å². The monoisotopic (exact) mass is 393 g/mol. The molecule has 0 aliphatic carbocycles. The number of carbonyl (C=O) groups is 2. The molecule has 1 saturated heterocycles.